The number of hydrogen-bond donors (Lipinski definition) is 1. The monoisotopic (exact) mass is 262 g/mol. The second kappa shape index (κ2) is 5.86. The summed E-state index contributed by atoms with van der Waals surface area (Å²) in [6.45, 7) is 0.351. The fourth-order valence-corrected chi connectivity index (χ4v) is 1.57. The second-order valence-corrected chi connectivity index (χ2v) is 3.77. The quantitative estimate of drug-likeness (QED) is 0.847. The van der Waals surface area contributed by atoms with Gasteiger partial charge in [0, 0.05) is 12.8 Å². The summed E-state index contributed by atoms with van der Waals surface area (Å²) in [5.41, 5.74) is -0.898. The number of halogens is 3. The van der Waals surface area contributed by atoms with E-state index in [-0.39, 0.29) is 12.2 Å². The highest BCUT2D eigenvalue weighted by Crippen LogP contribution is 2.35. The lowest BCUT2D eigenvalue weighted by Gasteiger charge is -2.19. The zero-order valence-corrected chi connectivity index (χ0v) is 9.70. The molecule has 0 aliphatic carbocycles. The molecule has 0 aliphatic heterocycles. The average Bonchev–Trinajstić information content (AvgIpc) is 2.29. The van der Waals surface area contributed by atoms with Crippen molar-refractivity contribution < 1.29 is 27.8 Å². The Kier molecular flexibility index (Phi) is 4.72. The van der Waals surface area contributed by atoms with Crippen molar-refractivity contribution in [2.45, 2.75) is 19.0 Å². The third-order valence-corrected chi connectivity index (χ3v) is 2.41. The minimum atomic E-state index is -4.50. The Balaban J connectivity index is 3.02. The molecule has 100 valence electrons. The first kappa shape index (κ1) is 14.5. The number of carbonyl (C=O) groups excluding carboxylic acids is 1. The highest BCUT2D eigenvalue weighted by atomic mass is 19.4. The van der Waals surface area contributed by atoms with Crippen LogP contribution in [-0.2, 0) is 15.7 Å². The van der Waals surface area contributed by atoms with Crippen LogP contribution in [0.15, 0.2) is 24.3 Å². The molecule has 0 amide bonds. The predicted molar refractivity (Wildman–Crippen MR) is 57.9 cm³/mol. The fourth-order valence-electron chi connectivity index (χ4n) is 1.57. The van der Waals surface area contributed by atoms with Gasteiger partial charge < -0.3 is 9.84 Å². The van der Waals surface area contributed by atoms with Crippen LogP contribution < -0.4 is 0 Å². The van der Waals surface area contributed by atoms with E-state index in [1.807, 2.05) is 0 Å². The van der Waals surface area contributed by atoms with E-state index < -0.39 is 30.2 Å². The number of aliphatic hydroxyl groups is 1. The molecule has 0 fully saturated rings. The maximum absolute atomic E-state index is 12.8. The van der Waals surface area contributed by atoms with Gasteiger partial charge in [0.15, 0.2) is 0 Å². The second-order valence-electron chi connectivity index (χ2n) is 3.77. The molecule has 0 aromatic heterocycles. The maximum Gasteiger partial charge on any atom is 0.416 e. The van der Waals surface area contributed by atoms with Crippen molar-refractivity contribution >= 4 is 5.97 Å². The molecule has 0 heterocycles. The van der Waals surface area contributed by atoms with Gasteiger partial charge in [0.1, 0.15) is 6.61 Å². The SMILES string of the molecule is CC(=O)OCC(CO)c1ccccc1C(F)(F)F. The molecule has 0 spiro atoms. The van der Waals surface area contributed by atoms with Gasteiger partial charge in [-0.05, 0) is 11.6 Å². The van der Waals surface area contributed by atoms with Crippen molar-refractivity contribution in [1.82, 2.24) is 0 Å². The zero-order valence-electron chi connectivity index (χ0n) is 9.70. The normalized spacial score (nSPS) is 13.2. The van der Waals surface area contributed by atoms with Crippen molar-refractivity contribution in [3.8, 4) is 0 Å². The Morgan fingerprint density at radius 1 is 1.39 bits per heavy atom. The molecule has 1 atom stereocenters. The van der Waals surface area contributed by atoms with Crippen LogP contribution in [0.2, 0.25) is 0 Å². The third-order valence-electron chi connectivity index (χ3n) is 2.41. The number of ether oxygens (including phenoxy) is 1. The van der Waals surface area contributed by atoms with E-state index in [1.165, 1.54) is 18.2 Å². The molecule has 1 unspecified atom stereocenters. The van der Waals surface area contributed by atoms with Crippen LogP contribution in [0.1, 0.15) is 24.0 Å². The number of rotatable bonds is 4. The molecule has 0 aliphatic rings. The fraction of sp³-hybridized carbons (Fsp3) is 0.417. The van der Waals surface area contributed by atoms with Crippen molar-refractivity contribution in [3.05, 3.63) is 35.4 Å². The molecule has 1 aromatic rings. The number of carbonyl (C=O) groups is 1. The van der Waals surface area contributed by atoms with Gasteiger partial charge in [0.25, 0.3) is 0 Å². The molecule has 1 aromatic carbocycles. The Labute approximate surface area is 102 Å². The van der Waals surface area contributed by atoms with Crippen molar-refractivity contribution in [2.24, 2.45) is 0 Å². The maximum atomic E-state index is 12.8. The first-order chi connectivity index (χ1) is 8.36. The summed E-state index contributed by atoms with van der Waals surface area (Å²) >= 11 is 0. The lowest BCUT2D eigenvalue weighted by atomic mass is 9.95. The van der Waals surface area contributed by atoms with Crippen LogP contribution in [0.5, 0.6) is 0 Å². The lowest BCUT2D eigenvalue weighted by molar-refractivity contribution is -0.142. The van der Waals surface area contributed by atoms with E-state index in [0.717, 1.165) is 13.0 Å². The van der Waals surface area contributed by atoms with E-state index in [9.17, 15) is 18.0 Å². The van der Waals surface area contributed by atoms with Crippen LogP contribution in [0.3, 0.4) is 0 Å². The molecule has 3 nitrogen and oxygen atoms in total. The van der Waals surface area contributed by atoms with E-state index in [2.05, 4.69) is 4.74 Å². The molecule has 1 rings (SSSR count). The molecule has 6 heteroatoms. The summed E-state index contributed by atoms with van der Waals surface area (Å²) in [7, 11) is 0. The lowest BCUT2D eigenvalue weighted by Crippen LogP contribution is -2.19. The summed E-state index contributed by atoms with van der Waals surface area (Å²) in [6, 6.07) is 4.92. The van der Waals surface area contributed by atoms with Gasteiger partial charge >= 0.3 is 12.1 Å². The number of esters is 1. The van der Waals surface area contributed by atoms with Gasteiger partial charge in [-0.3, -0.25) is 4.79 Å². The molecule has 0 saturated heterocycles. The zero-order chi connectivity index (χ0) is 13.8. The molecule has 1 N–H and O–H groups in total. The topological polar surface area (TPSA) is 46.5 Å². The van der Waals surface area contributed by atoms with Crippen LogP contribution in [0, 0.1) is 0 Å². The minimum absolute atomic E-state index is 0.0752. The van der Waals surface area contributed by atoms with Crippen LogP contribution in [-0.4, -0.2) is 24.3 Å². The van der Waals surface area contributed by atoms with Gasteiger partial charge in [0.05, 0.1) is 12.2 Å². The number of aliphatic hydroxyl groups excluding tert-OH is 1. The van der Waals surface area contributed by atoms with Gasteiger partial charge in [-0.2, -0.15) is 13.2 Å². The molecular weight excluding hydrogens is 249 g/mol. The van der Waals surface area contributed by atoms with Crippen LogP contribution >= 0.6 is 0 Å². The number of hydrogen-bond acceptors (Lipinski definition) is 3. The van der Waals surface area contributed by atoms with Crippen LogP contribution in [0.4, 0.5) is 13.2 Å². The highest BCUT2D eigenvalue weighted by Gasteiger charge is 2.34. The summed E-state index contributed by atoms with van der Waals surface area (Å²) < 4.78 is 42.9. The third kappa shape index (κ3) is 3.73. The smallest absolute Gasteiger partial charge is 0.416 e. The van der Waals surface area contributed by atoms with Gasteiger partial charge in [0.2, 0.25) is 0 Å². The first-order valence-corrected chi connectivity index (χ1v) is 5.26. The Morgan fingerprint density at radius 2 is 2.00 bits per heavy atom. The standard InChI is InChI=1S/C12H13F3O3/c1-8(17)18-7-9(6-16)10-4-2-3-5-11(10)12(13,14)15/h2-5,9,16H,6-7H2,1H3. The summed E-state index contributed by atoms with van der Waals surface area (Å²) in [5.74, 6) is -1.48. The first-order valence-electron chi connectivity index (χ1n) is 5.26. The minimum Gasteiger partial charge on any atom is -0.465 e. The summed E-state index contributed by atoms with van der Waals surface area (Å²) in [5, 5.41) is 9.12. The predicted octanol–water partition coefficient (Wildman–Crippen LogP) is 2.34. The largest absolute Gasteiger partial charge is 0.465 e. The molecule has 0 saturated carbocycles. The van der Waals surface area contributed by atoms with Crippen molar-refractivity contribution in [3.63, 3.8) is 0 Å². The summed E-state index contributed by atoms with van der Waals surface area (Å²) in [4.78, 5) is 10.7. The Morgan fingerprint density at radius 3 is 2.50 bits per heavy atom. The molecular formula is C12H13F3O3. The van der Waals surface area contributed by atoms with Crippen molar-refractivity contribution in [2.75, 3.05) is 13.2 Å². The van der Waals surface area contributed by atoms with Crippen molar-refractivity contribution in [1.29, 1.82) is 0 Å². The summed E-state index contributed by atoms with van der Waals surface area (Å²) in [6.07, 6.45) is -4.50. The highest BCUT2D eigenvalue weighted by molar-refractivity contribution is 5.66. The molecule has 0 radical (unpaired) electrons. The number of benzene rings is 1. The molecule has 18 heavy (non-hydrogen) atoms. The Bertz CT molecular complexity index is 415. The molecule has 0 bridgehead atoms. The van der Waals surface area contributed by atoms with E-state index in [4.69, 9.17) is 5.11 Å². The van der Waals surface area contributed by atoms with E-state index >= 15 is 0 Å². The van der Waals surface area contributed by atoms with Gasteiger partial charge in [-0.1, -0.05) is 18.2 Å². The van der Waals surface area contributed by atoms with Gasteiger partial charge in [-0.25, -0.2) is 0 Å². The van der Waals surface area contributed by atoms with E-state index in [0.29, 0.717) is 0 Å². The Hall–Kier alpha value is -1.56. The van der Waals surface area contributed by atoms with Crippen LogP contribution in [0.25, 0.3) is 0 Å². The number of alkyl halides is 3. The van der Waals surface area contributed by atoms with E-state index in [1.54, 1.807) is 0 Å². The average molecular weight is 262 g/mol. The van der Waals surface area contributed by atoms with Gasteiger partial charge in [-0.15, -0.1) is 0 Å².